The molecular formula is C24H29F2NO2. The van der Waals surface area contributed by atoms with Crippen molar-refractivity contribution in [3.05, 3.63) is 71.3 Å². The highest BCUT2D eigenvalue weighted by atomic mass is 19.1. The van der Waals surface area contributed by atoms with Crippen LogP contribution < -0.4 is 5.32 Å². The monoisotopic (exact) mass is 401 g/mol. The molecule has 29 heavy (non-hydrogen) atoms. The van der Waals surface area contributed by atoms with Gasteiger partial charge in [-0.1, -0.05) is 44.5 Å². The summed E-state index contributed by atoms with van der Waals surface area (Å²) in [6.45, 7) is 5.69. The number of benzene rings is 2. The Kier molecular flexibility index (Phi) is 11.2. The minimum atomic E-state index is -0.869. The third-order valence-electron chi connectivity index (χ3n) is 3.99. The molecule has 3 rings (SSSR count). The van der Waals surface area contributed by atoms with Gasteiger partial charge in [-0.15, -0.1) is 0 Å². The average molecular weight is 401 g/mol. The molecule has 0 aliphatic heterocycles. The summed E-state index contributed by atoms with van der Waals surface area (Å²) < 4.78 is 27.2. The molecule has 3 nitrogen and oxygen atoms in total. The number of aldehydes is 1. The van der Waals surface area contributed by atoms with Crippen molar-refractivity contribution in [1.29, 1.82) is 0 Å². The first-order valence-corrected chi connectivity index (χ1v) is 9.93. The van der Waals surface area contributed by atoms with Gasteiger partial charge in [0.15, 0.2) is 0 Å². The molecule has 0 saturated heterocycles. The van der Waals surface area contributed by atoms with E-state index < -0.39 is 23.1 Å². The van der Waals surface area contributed by atoms with Gasteiger partial charge in [-0.3, -0.25) is 4.79 Å². The number of anilines is 1. The van der Waals surface area contributed by atoms with Crippen molar-refractivity contribution in [2.75, 3.05) is 5.32 Å². The molecule has 1 aliphatic rings. The zero-order valence-corrected chi connectivity index (χ0v) is 17.3. The highest BCUT2D eigenvalue weighted by Crippen LogP contribution is 2.27. The summed E-state index contributed by atoms with van der Waals surface area (Å²) in [5, 5.41) is 2.53. The lowest BCUT2D eigenvalue weighted by Gasteiger charge is -2.13. The van der Waals surface area contributed by atoms with Crippen LogP contribution in [0.3, 0.4) is 0 Å². The quantitative estimate of drug-likeness (QED) is 0.575. The van der Waals surface area contributed by atoms with Crippen molar-refractivity contribution in [3.63, 3.8) is 0 Å². The molecule has 0 fully saturated rings. The van der Waals surface area contributed by atoms with Gasteiger partial charge in [0.1, 0.15) is 23.5 Å². The molecule has 0 spiro atoms. The van der Waals surface area contributed by atoms with Crippen molar-refractivity contribution in [2.45, 2.75) is 52.9 Å². The molecule has 1 amide bonds. The van der Waals surface area contributed by atoms with Gasteiger partial charge in [-0.05, 0) is 68.0 Å². The Labute approximate surface area is 171 Å². The van der Waals surface area contributed by atoms with Crippen molar-refractivity contribution >= 4 is 23.5 Å². The zero-order chi connectivity index (χ0) is 21.6. The molecule has 1 aliphatic carbocycles. The molecule has 0 unspecified atom stereocenters. The molecular weight excluding hydrogens is 372 g/mol. The molecule has 0 saturated carbocycles. The summed E-state index contributed by atoms with van der Waals surface area (Å²) in [6, 6.07) is 10.7. The fourth-order valence-corrected chi connectivity index (χ4v) is 2.78. The van der Waals surface area contributed by atoms with Gasteiger partial charge in [-0.2, -0.15) is 0 Å². The fourth-order valence-electron chi connectivity index (χ4n) is 2.78. The topological polar surface area (TPSA) is 46.2 Å². The van der Waals surface area contributed by atoms with Crippen LogP contribution in [-0.4, -0.2) is 12.2 Å². The van der Waals surface area contributed by atoms with Crippen LogP contribution in [0.5, 0.6) is 0 Å². The summed E-state index contributed by atoms with van der Waals surface area (Å²) >= 11 is 0. The normalized spacial score (nSPS) is 12.4. The van der Waals surface area contributed by atoms with Crippen molar-refractivity contribution in [1.82, 2.24) is 0 Å². The summed E-state index contributed by atoms with van der Waals surface area (Å²) in [5.41, 5.74) is 2.39. The minimum Gasteiger partial charge on any atom is -0.322 e. The Morgan fingerprint density at radius 2 is 1.59 bits per heavy atom. The maximum atomic E-state index is 13.6. The number of nitrogens with one attached hydrogen (secondary N) is 1. The maximum Gasteiger partial charge on any atom is 0.261 e. The van der Waals surface area contributed by atoms with Crippen LogP contribution in [0.1, 0.15) is 68.8 Å². The third-order valence-corrected chi connectivity index (χ3v) is 3.99. The van der Waals surface area contributed by atoms with E-state index in [1.165, 1.54) is 37.8 Å². The van der Waals surface area contributed by atoms with E-state index in [2.05, 4.69) is 25.2 Å². The Morgan fingerprint density at radius 1 is 1.03 bits per heavy atom. The van der Waals surface area contributed by atoms with E-state index in [1.54, 1.807) is 12.1 Å². The second-order valence-electron chi connectivity index (χ2n) is 6.55. The van der Waals surface area contributed by atoms with Crippen LogP contribution in [0.4, 0.5) is 14.5 Å². The first-order valence-electron chi connectivity index (χ1n) is 9.93. The predicted octanol–water partition coefficient (Wildman–Crippen LogP) is 6.80. The summed E-state index contributed by atoms with van der Waals surface area (Å²) in [5.74, 6) is -2.52. The standard InChI is InChI=1S/C19H17F2NO.C3H8.C2H4O/c20-16-7-4-8-17(21)18(16)19(23)22-15-11-9-14(10-12-15)13-5-2-1-3-6-13;1-3-2;1-2-3/h4-5,7-12H,1-3,6H2,(H,22,23);3H2,1-2H3;2H,1H3. The summed E-state index contributed by atoms with van der Waals surface area (Å²) in [7, 11) is 0. The lowest BCUT2D eigenvalue weighted by molar-refractivity contribution is -0.106. The van der Waals surface area contributed by atoms with E-state index >= 15 is 0 Å². The number of hydrogen-bond acceptors (Lipinski definition) is 2. The van der Waals surface area contributed by atoms with E-state index in [1.807, 2.05) is 12.1 Å². The Morgan fingerprint density at radius 3 is 2.07 bits per heavy atom. The first kappa shape index (κ1) is 24.2. The largest absolute Gasteiger partial charge is 0.322 e. The van der Waals surface area contributed by atoms with Crippen molar-refractivity contribution < 1.29 is 18.4 Å². The SMILES string of the molecule is CC=O.CCC.O=C(Nc1ccc(C2=CCCCC2)cc1)c1c(F)cccc1F. The Bertz CT molecular complexity index is 794. The summed E-state index contributed by atoms with van der Waals surface area (Å²) in [4.78, 5) is 20.8. The highest BCUT2D eigenvalue weighted by Gasteiger charge is 2.17. The molecule has 0 atom stereocenters. The van der Waals surface area contributed by atoms with E-state index in [9.17, 15) is 13.6 Å². The lowest BCUT2D eigenvalue weighted by Crippen LogP contribution is -2.15. The molecule has 0 heterocycles. The van der Waals surface area contributed by atoms with Crippen molar-refractivity contribution in [2.24, 2.45) is 0 Å². The van der Waals surface area contributed by atoms with Crippen molar-refractivity contribution in [3.8, 4) is 0 Å². The van der Waals surface area contributed by atoms with Crippen LogP contribution >= 0.6 is 0 Å². The number of carbonyl (C=O) groups is 2. The molecule has 0 aromatic heterocycles. The van der Waals surface area contributed by atoms with Gasteiger partial charge in [0.25, 0.3) is 5.91 Å². The second-order valence-corrected chi connectivity index (χ2v) is 6.55. The molecule has 5 heteroatoms. The van der Waals surface area contributed by atoms with E-state index in [0.29, 0.717) is 5.69 Å². The molecule has 0 bridgehead atoms. The first-order chi connectivity index (χ1) is 14.0. The van der Waals surface area contributed by atoms with Gasteiger partial charge in [0, 0.05) is 5.69 Å². The van der Waals surface area contributed by atoms with Gasteiger partial charge >= 0.3 is 0 Å². The number of allylic oxidation sites excluding steroid dienone is 2. The number of hydrogen-bond donors (Lipinski definition) is 1. The molecule has 2 aromatic carbocycles. The molecule has 0 radical (unpaired) electrons. The van der Waals surface area contributed by atoms with Crippen LogP contribution in [0, 0.1) is 11.6 Å². The van der Waals surface area contributed by atoms with E-state index in [-0.39, 0.29) is 0 Å². The number of halogens is 2. The predicted molar refractivity (Wildman–Crippen MR) is 115 cm³/mol. The average Bonchev–Trinajstić information content (AvgIpc) is 2.70. The van der Waals surface area contributed by atoms with Gasteiger partial charge in [-0.25, -0.2) is 8.78 Å². The molecule has 156 valence electrons. The molecule has 1 N–H and O–H groups in total. The molecule has 2 aromatic rings. The van der Waals surface area contributed by atoms with Gasteiger partial charge < -0.3 is 10.1 Å². The number of carbonyl (C=O) groups excluding carboxylic acids is 2. The number of rotatable bonds is 3. The van der Waals surface area contributed by atoms with Crippen LogP contribution in [0.25, 0.3) is 5.57 Å². The Balaban J connectivity index is 0.000000626. The van der Waals surface area contributed by atoms with Crippen LogP contribution in [-0.2, 0) is 4.79 Å². The fraction of sp³-hybridized carbons (Fsp3) is 0.333. The third kappa shape index (κ3) is 7.98. The van der Waals surface area contributed by atoms with Gasteiger partial charge in [0.05, 0.1) is 0 Å². The smallest absolute Gasteiger partial charge is 0.261 e. The van der Waals surface area contributed by atoms with Crippen LogP contribution in [0.2, 0.25) is 0 Å². The van der Waals surface area contributed by atoms with E-state index in [4.69, 9.17) is 4.79 Å². The number of amides is 1. The van der Waals surface area contributed by atoms with Crippen LogP contribution in [0.15, 0.2) is 48.5 Å². The maximum absolute atomic E-state index is 13.6. The van der Waals surface area contributed by atoms with E-state index in [0.717, 1.165) is 36.8 Å². The zero-order valence-electron chi connectivity index (χ0n) is 17.3. The Hall–Kier alpha value is -2.82. The minimum absolute atomic E-state index is 0.512. The van der Waals surface area contributed by atoms with Gasteiger partial charge in [0.2, 0.25) is 0 Å². The highest BCUT2D eigenvalue weighted by molar-refractivity contribution is 6.04. The lowest BCUT2D eigenvalue weighted by atomic mass is 9.94. The second kappa shape index (κ2) is 13.4. The summed E-state index contributed by atoms with van der Waals surface area (Å²) in [6.07, 6.45) is 8.82.